The van der Waals surface area contributed by atoms with Gasteiger partial charge in [-0.25, -0.2) is 4.79 Å². The Labute approximate surface area is 256 Å². The molecule has 0 spiro atoms. The number of fused-ring (bicyclic) bond motifs is 1. The molecule has 1 aromatic heterocycles. The number of halogens is 1. The maximum Gasteiger partial charge on any atom is 0.328 e. The van der Waals surface area contributed by atoms with Crippen molar-refractivity contribution in [2.24, 2.45) is 0 Å². The van der Waals surface area contributed by atoms with Gasteiger partial charge in [0.15, 0.2) is 5.78 Å². The first-order valence-electron chi connectivity index (χ1n) is 14.9. The van der Waals surface area contributed by atoms with Gasteiger partial charge in [0.05, 0.1) is 41.4 Å². The fraction of sp³-hybridized carbons (Fsp3) is 0.485. The standard InChI is InChI=1S/C33H39BrN4O4/c1-4-37-25(19-23-10-9-22(21-35)18-28(23)37)13-15-33(14-7-16-36-33)31(39)27-8-6-17-38(27)30(32(40)42-5-2)24-11-12-29(41-3)26(34)20-24/h9-12,18-20,27,30,36H,4-8,13-17H2,1-3H3. The molecule has 42 heavy (non-hydrogen) atoms. The van der Waals surface area contributed by atoms with Crippen LogP contribution in [0.3, 0.4) is 0 Å². The molecule has 2 aliphatic heterocycles. The van der Waals surface area contributed by atoms with Crippen molar-refractivity contribution in [1.29, 1.82) is 5.26 Å². The van der Waals surface area contributed by atoms with Gasteiger partial charge in [0.2, 0.25) is 0 Å². The molecule has 3 heterocycles. The first-order valence-corrected chi connectivity index (χ1v) is 15.7. The Morgan fingerprint density at radius 1 is 1.19 bits per heavy atom. The van der Waals surface area contributed by atoms with E-state index in [0.29, 0.717) is 30.7 Å². The number of aryl methyl sites for hydroxylation is 2. The summed E-state index contributed by atoms with van der Waals surface area (Å²) in [7, 11) is 1.61. The number of carbonyl (C=O) groups excluding carboxylic acids is 2. The molecule has 2 saturated heterocycles. The summed E-state index contributed by atoms with van der Waals surface area (Å²) in [6.45, 7) is 6.42. The average Bonchev–Trinajstić information content (AvgIpc) is 3.75. The Hall–Kier alpha value is -3.19. The number of nitrogens with zero attached hydrogens (tertiary/aromatic N) is 3. The smallest absolute Gasteiger partial charge is 0.328 e. The summed E-state index contributed by atoms with van der Waals surface area (Å²) < 4.78 is 14.0. The predicted octanol–water partition coefficient (Wildman–Crippen LogP) is 5.70. The third-order valence-electron chi connectivity index (χ3n) is 8.89. The Kier molecular flexibility index (Phi) is 9.36. The Bertz CT molecular complexity index is 1500. The third kappa shape index (κ3) is 5.72. The van der Waals surface area contributed by atoms with Gasteiger partial charge in [0.1, 0.15) is 11.8 Å². The summed E-state index contributed by atoms with van der Waals surface area (Å²) in [5.74, 6) is 0.509. The number of likely N-dealkylation sites (tertiary alicyclic amines) is 1. The van der Waals surface area contributed by atoms with E-state index in [1.807, 2.05) is 36.4 Å². The van der Waals surface area contributed by atoms with Gasteiger partial charge >= 0.3 is 5.97 Å². The van der Waals surface area contributed by atoms with Gasteiger partial charge in [-0.2, -0.15) is 5.26 Å². The van der Waals surface area contributed by atoms with E-state index < -0.39 is 11.6 Å². The highest BCUT2D eigenvalue weighted by Gasteiger charge is 2.49. The molecule has 222 valence electrons. The van der Waals surface area contributed by atoms with Crippen LogP contribution in [0.4, 0.5) is 0 Å². The van der Waals surface area contributed by atoms with Crippen LogP contribution >= 0.6 is 15.9 Å². The van der Waals surface area contributed by atoms with Crippen LogP contribution in [0.1, 0.15) is 68.8 Å². The van der Waals surface area contributed by atoms with Crippen LogP contribution in [-0.2, 0) is 27.3 Å². The lowest BCUT2D eigenvalue weighted by Gasteiger charge is -2.37. The molecule has 8 nitrogen and oxygen atoms in total. The number of ketones is 1. The Morgan fingerprint density at radius 3 is 2.69 bits per heavy atom. The van der Waals surface area contributed by atoms with Crippen molar-refractivity contribution < 1.29 is 19.1 Å². The van der Waals surface area contributed by atoms with Gasteiger partial charge in [0.25, 0.3) is 0 Å². The number of Topliss-reactive ketones (excluding diaryl/α,β-unsaturated/α-hetero) is 1. The Morgan fingerprint density at radius 2 is 2.02 bits per heavy atom. The van der Waals surface area contributed by atoms with E-state index in [4.69, 9.17) is 9.47 Å². The number of methoxy groups -OCH3 is 1. The molecule has 2 aromatic carbocycles. The molecule has 2 fully saturated rings. The summed E-state index contributed by atoms with van der Waals surface area (Å²) in [5.41, 5.74) is 2.99. The summed E-state index contributed by atoms with van der Waals surface area (Å²) in [5, 5.41) is 14.1. The van der Waals surface area contributed by atoms with E-state index in [0.717, 1.165) is 59.7 Å². The topological polar surface area (TPSA) is 96.6 Å². The highest BCUT2D eigenvalue weighted by atomic mass is 79.9. The van der Waals surface area contributed by atoms with Crippen LogP contribution in [0.2, 0.25) is 0 Å². The lowest BCUT2D eigenvalue weighted by molar-refractivity contribution is -0.151. The first-order chi connectivity index (χ1) is 20.4. The summed E-state index contributed by atoms with van der Waals surface area (Å²) in [6, 6.07) is 14.8. The second kappa shape index (κ2) is 13.0. The largest absolute Gasteiger partial charge is 0.496 e. The van der Waals surface area contributed by atoms with Crippen molar-refractivity contribution in [3.05, 3.63) is 63.8 Å². The van der Waals surface area contributed by atoms with Crippen molar-refractivity contribution in [3.63, 3.8) is 0 Å². The van der Waals surface area contributed by atoms with Crippen LogP contribution in [0, 0.1) is 11.3 Å². The van der Waals surface area contributed by atoms with Crippen molar-refractivity contribution >= 4 is 38.6 Å². The molecular weight excluding hydrogens is 596 g/mol. The van der Waals surface area contributed by atoms with E-state index in [9.17, 15) is 14.9 Å². The highest BCUT2D eigenvalue weighted by Crippen LogP contribution is 2.38. The lowest BCUT2D eigenvalue weighted by Crippen LogP contribution is -2.56. The van der Waals surface area contributed by atoms with Crippen LogP contribution in [0.5, 0.6) is 5.75 Å². The molecule has 0 aliphatic carbocycles. The monoisotopic (exact) mass is 634 g/mol. The van der Waals surface area contributed by atoms with E-state index in [1.54, 1.807) is 14.0 Å². The molecule has 1 N–H and O–H groups in total. The number of benzene rings is 2. The number of nitrogens with one attached hydrogen (secondary N) is 1. The second-order valence-corrected chi connectivity index (χ2v) is 12.0. The van der Waals surface area contributed by atoms with Gasteiger partial charge in [-0.1, -0.05) is 12.1 Å². The fourth-order valence-electron chi connectivity index (χ4n) is 6.89. The zero-order valence-corrected chi connectivity index (χ0v) is 26.2. The molecule has 0 radical (unpaired) electrons. The number of rotatable bonds is 11. The molecule has 9 heteroatoms. The zero-order valence-electron chi connectivity index (χ0n) is 24.6. The van der Waals surface area contributed by atoms with Crippen LogP contribution in [-0.4, -0.2) is 59.6 Å². The van der Waals surface area contributed by atoms with E-state index >= 15 is 0 Å². The predicted molar refractivity (Wildman–Crippen MR) is 165 cm³/mol. The summed E-state index contributed by atoms with van der Waals surface area (Å²) in [6.07, 6.45) is 4.68. The van der Waals surface area contributed by atoms with Crippen LogP contribution < -0.4 is 10.1 Å². The number of ether oxygens (including phenoxy) is 2. The number of esters is 1. The maximum absolute atomic E-state index is 14.6. The molecule has 5 rings (SSSR count). The number of aromatic nitrogens is 1. The number of hydrogen-bond donors (Lipinski definition) is 1. The van der Waals surface area contributed by atoms with E-state index in [2.05, 4.69) is 49.8 Å². The maximum atomic E-state index is 14.6. The van der Waals surface area contributed by atoms with Gasteiger partial charge in [-0.05, 0) is 116 Å². The molecule has 3 aromatic rings. The molecule has 0 saturated carbocycles. The lowest BCUT2D eigenvalue weighted by atomic mass is 9.82. The van der Waals surface area contributed by atoms with Crippen molar-refractivity contribution in [3.8, 4) is 11.8 Å². The van der Waals surface area contributed by atoms with Crippen LogP contribution in [0.25, 0.3) is 10.9 Å². The number of carbonyl (C=O) groups is 2. The quantitative estimate of drug-likeness (QED) is 0.270. The highest BCUT2D eigenvalue weighted by molar-refractivity contribution is 9.10. The molecule has 0 bridgehead atoms. The minimum absolute atomic E-state index is 0.172. The molecule has 2 aliphatic rings. The second-order valence-electron chi connectivity index (χ2n) is 11.2. The SMILES string of the molecule is CCOC(=O)C(c1ccc(OC)c(Br)c1)N1CCCC1C(=O)C1(CCc2cc3ccc(C#N)cc3n2CC)CCCN1. The van der Waals surface area contributed by atoms with Gasteiger partial charge in [-0.15, -0.1) is 0 Å². The fourth-order valence-corrected chi connectivity index (χ4v) is 7.45. The number of hydrogen-bond acceptors (Lipinski definition) is 7. The third-order valence-corrected chi connectivity index (χ3v) is 9.51. The van der Waals surface area contributed by atoms with E-state index in [1.165, 1.54) is 5.69 Å². The van der Waals surface area contributed by atoms with Crippen molar-refractivity contribution in [1.82, 2.24) is 14.8 Å². The van der Waals surface area contributed by atoms with Crippen molar-refractivity contribution in [2.45, 2.75) is 76.5 Å². The molecule has 0 amide bonds. The van der Waals surface area contributed by atoms with Gasteiger partial charge in [0, 0.05) is 24.3 Å². The average molecular weight is 636 g/mol. The minimum Gasteiger partial charge on any atom is -0.496 e. The van der Waals surface area contributed by atoms with E-state index in [-0.39, 0.29) is 24.4 Å². The molecule has 3 unspecified atom stereocenters. The summed E-state index contributed by atoms with van der Waals surface area (Å²) >= 11 is 3.56. The first kappa shape index (κ1) is 30.3. The number of nitriles is 1. The zero-order chi connectivity index (χ0) is 29.9. The van der Waals surface area contributed by atoms with Crippen molar-refractivity contribution in [2.75, 3.05) is 26.8 Å². The molecule has 3 atom stereocenters. The normalized spacial score (nSPS) is 21.4. The minimum atomic E-state index is -0.681. The van der Waals surface area contributed by atoms with Crippen LogP contribution in [0.15, 0.2) is 46.9 Å². The molecular formula is C33H39BrN4O4. The van der Waals surface area contributed by atoms with Gasteiger partial charge in [-0.3, -0.25) is 9.69 Å². The summed E-state index contributed by atoms with van der Waals surface area (Å²) in [4.78, 5) is 30.0. The Balaban J connectivity index is 1.43. The van der Waals surface area contributed by atoms with Gasteiger partial charge < -0.3 is 19.4 Å².